The maximum absolute atomic E-state index is 11.4. The van der Waals surface area contributed by atoms with E-state index in [-0.39, 0.29) is 11.7 Å². The van der Waals surface area contributed by atoms with Gasteiger partial charge >= 0.3 is 0 Å². The van der Waals surface area contributed by atoms with E-state index in [0.29, 0.717) is 18.8 Å². The molecule has 0 saturated carbocycles. The van der Waals surface area contributed by atoms with Crippen LogP contribution in [0.1, 0.15) is 40.5 Å². The van der Waals surface area contributed by atoms with Crippen molar-refractivity contribution in [1.29, 1.82) is 0 Å². The maximum atomic E-state index is 11.4. The minimum absolute atomic E-state index is 0.117. The summed E-state index contributed by atoms with van der Waals surface area (Å²) in [5.74, 6) is 0.746. The fraction of sp³-hybridized carbons (Fsp3) is 0.818. The third-order valence-corrected chi connectivity index (χ3v) is 2.15. The smallest absolute Gasteiger partial charge is 0.135 e. The van der Waals surface area contributed by atoms with Gasteiger partial charge in [0.05, 0.1) is 5.71 Å². The molecule has 3 heteroatoms. The second-order valence-corrected chi connectivity index (χ2v) is 4.04. The van der Waals surface area contributed by atoms with Crippen LogP contribution in [0.5, 0.6) is 0 Å². The number of carbonyl (C=O) groups excluding carboxylic acids is 1. The summed E-state index contributed by atoms with van der Waals surface area (Å²) >= 11 is 0. The van der Waals surface area contributed by atoms with Crippen LogP contribution in [0.4, 0.5) is 0 Å². The Bertz CT molecular complexity index is 207. The van der Waals surface area contributed by atoms with E-state index < -0.39 is 0 Å². The van der Waals surface area contributed by atoms with Gasteiger partial charge in [-0.25, -0.2) is 0 Å². The molecule has 0 fully saturated rings. The summed E-state index contributed by atoms with van der Waals surface area (Å²) in [5, 5.41) is 3.92. The number of oxime groups is 1. The van der Waals surface area contributed by atoms with Gasteiger partial charge in [-0.1, -0.05) is 32.9 Å². The minimum atomic E-state index is 0.117. The summed E-state index contributed by atoms with van der Waals surface area (Å²) in [6.45, 7) is 7.95. The Morgan fingerprint density at radius 1 is 1.14 bits per heavy atom. The molecule has 0 radical (unpaired) electrons. The molecule has 0 N–H and O–H groups in total. The van der Waals surface area contributed by atoms with E-state index in [4.69, 9.17) is 4.84 Å². The third-order valence-electron chi connectivity index (χ3n) is 2.15. The Morgan fingerprint density at radius 3 is 2.07 bits per heavy atom. The second-order valence-electron chi connectivity index (χ2n) is 4.04. The number of nitrogens with zero attached hydrogens (tertiary/aromatic N) is 1. The van der Waals surface area contributed by atoms with Crippen LogP contribution in [0, 0.1) is 11.8 Å². The molecule has 14 heavy (non-hydrogen) atoms. The lowest BCUT2D eigenvalue weighted by Gasteiger charge is -2.09. The highest BCUT2D eigenvalue weighted by Gasteiger charge is 2.11. The van der Waals surface area contributed by atoms with Gasteiger partial charge in [-0.05, 0) is 12.3 Å². The molecule has 0 aromatic rings. The summed E-state index contributed by atoms with van der Waals surface area (Å²) in [6, 6.07) is 0. The van der Waals surface area contributed by atoms with Crippen molar-refractivity contribution >= 4 is 11.5 Å². The van der Waals surface area contributed by atoms with Crippen LogP contribution in [0.25, 0.3) is 0 Å². The maximum Gasteiger partial charge on any atom is 0.135 e. The number of rotatable bonds is 6. The fourth-order valence-corrected chi connectivity index (χ4v) is 1.10. The van der Waals surface area contributed by atoms with Gasteiger partial charge in [-0.3, -0.25) is 4.79 Å². The van der Waals surface area contributed by atoms with E-state index in [0.717, 1.165) is 5.71 Å². The van der Waals surface area contributed by atoms with E-state index in [1.54, 1.807) is 0 Å². The zero-order valence-electron chi connectivity index (χ0n) is 9.83. The predicted octanol–water partition coefficient (Wildman–Crippen LogP) is 2.65. The van der Waals surface area contributed by atoms with Crippen LogP contribution >= 0.6 is 0 Å². The average Bonchev–Trinajstić information content (AvgIpc) is 2.10. The summed E-state index contributed by atoms with van der Waals surface area (Å²) in [6.07, 6.45) is 1.28. The monoisotopic (exact) mass is 199 g/mol. The number of Topliss-reactive ketones (excluding diaryl/α,β-unsaturated/α-hetero) is 1. The van der Waals surface area contributed by atoms with E-state index in [1.165, 1.54) is 7.11 Å². The lowest BCUT2D eigenvalue weighted by atomic mass is 9.98. The summed E-state index contributed by atoms with van der Waals surface area (Å²) in [5.41, 5.74) is 0.960. The number of carbonyl (C=O) groups is 1. The number of hydrogen-bond donors (Lipinski definition) is 0. The first-order valence-corrected chi connectivity index (χ1v) is 5.11. The van der Waals surface area contributed by atoms with Crippen LogP contribution < -0.4 is 0 Å². The molecule has 82 valence electrons. The minimum Gasteiger partial charge on any atom is -0.399 e. The highest BCUT2D eigenvalue weighted by molar-refractivity contribution is 5.90. The molecule has 0 spiro atoms. The average molecular weight is 199 g/mol. The molecular formula is C11H21NO2. The molecule has 0 unspecified atom stereocenters. The van der Waals surface area contributed by atoms with Crippen molar-refractivity contribution in [2.75, 3.05) is 7.11 Å². The van der Waals surface area contributed by atoms with E-state index in [1.807, 2.05) is 13.8 Å². The topological polar surface area (TPSA) is 38.7 Å². The van der Waals surface area contributed by atoms with Gasteiger partial charge in [0, 0.05) is 12.3 Å². The largest absolute Gasteiger partial charge is 0.399 e. The Hall–Kier alpha value is -0.860. The van der Waals surface area contributed by atoms with Crippen LogP contribution in [0.2, 0.25) is 0 Å². The highest BCUT2D eigenvalue weighted by atomic mass is 16.6. The molecule has 0 aromatic carbocycles. The van der Waals surface area contributed by atoms with Gasteiger partial charge < -0.3 is 4.84 Å². The Kier molecular flexibility index (Phi) is 6.17. The standard InChI is InChI=1S/C11H21NO2/c1-8(2)10(12-14-5)6-7-11(13)9(3)4/h8-9H,6-7H2,1-5H3/b12-10-. The summed E-state index contributed by atoms with van der Waals surface area (Å²) in [7, 11) is 1.53. The first kappa shape index (κ1) is 13.1. The Balaban J connectivity index is 4.08. The van der Waals surface area contributed by atoms with Gasteiger partial charge in [-0.2, -0.15) is 0 Å². The van der Waals surface area contributed by atoms with Crippen molar-refractivity contribution in [2.24, 2.45) is 17.0 Å². The van der Waals surface area contributed by atoms with Crippen molar-refractivity contribution in [3.8, 4) is 0 Å². The van der Waals surface area contributed by atoms with E-state index in [9.17, 15) is 4.79 Å². The zero-order valence-corrected chi connectivity index (χ0v) is 9.83. The predicted molar refractivity (Wildman–Crippen MR) is 58.4 cm³/mol. The van der Waals surface area contributed by atoms with Crippen molar-refractivity contribution in [3.05, 3.63) is 0 Å². The molecular weight excluding hydrogens is 178 g/mol. The van der Waals surface area contributed by atoms with Crippen LogP contribution in [-0.4, -0.2) is 18.6 Å². The van der Waals surface area contributed by atoms with E-state index >= 15 is 0 Å². The second kappa shape index (κ2) is 6.57. The van der Waals surface area contributed by atoms with Crippen molar-refractivity contribution in [3.63, 3.8) is 0 Å². The van der Waals surface area contributed by atoms with Gasteiger partial charge in [0.1, 0.15) is 12.9 Å². The number of ketones is 1. The van der Waals surface area contributed by atoms with Crippen LogP contribution in [-0.2, 0) is 9.63 Å². The molecule has 0 aliphatic rings. The van der Waals surface area contributed by atoms with Crippen LogP contribution in [0.3, 0.4) is 0 Å². The summed E-state index contributed by atoms with van der Waals surface area (Å²) in [4.78, 5) is 16.1. The molecule has 0 rings (SSSR count). The molecule has 0 saturated heterocycles. The Labute approximate surface area is 86.5 Å². The number of hydrogen-bond acceptors (Lipinski definition) is 3. The highest BCUT2D eigenvalue weighted by Crippen LogP contribution is 2.08. The normalized spacial score (nSPS) is 12.4. The molecule has 0 atom stereocenters. The molecule has 3 nitrogen and oxygen atoms in total. The molecule has 0 amide bonds. The quantitative estimate of drug-likeness (QED) is 0.487. The first-order chi connectivity index (χ1) is 6.49. The van der Waals surface area contributed by atoms with Crippen molar-refractivity contribution in [2.45, 2.75) is 40.5 Å². The summed E-state index contributed by atoms with van der Waals surface area (Å²) < 4.78 is 0. The molecule has 0 heterocycles. The van der Waals surface area contributed by atoms with Crippen molar-refractivity contribution in [1.82, 2.24) is 0 Å². The lowest BCUT2D eigenvalue weighted by molar-refractivity contribution is -0.121. The Morgan fingerprint density at radius 2 is 1.71 bits per heavy atom. The fourth-order valence-electron chi connectivity index (χ4n) is 1.10. The first-order valence-electron chi connectivity index (χ1n) is 5.11. The lowest BCUT2D eigenvalue weighted by Crippen LogP contribution is -2.13. The van der Waals surface area contributed by atoms with Crippen molar-refractivity contribution < 1.29 is 9.63 Å². The molecule has 0 bridgehead atoms. The SMILES string of the molecule is CO/N=C(/CCC(=O)C(C)C)C(C)C. The van der Waals surface area contributed by atoms with Gasteiger partial charge in [0.2, 0.25) is 0 Å². The molecule has 0 aromatic heterocycles. The third kappa shape index (κ3) is 5.00. The molecule has 0 aliphatic heterocycles. The van der Waals surface area contributed by atoms with E-state index in [2.05, 4.69) is 19.0 Å². The van der Waals surface area contributed by atoms with Gasteiger partial charge in [0.25, 0.3) is 0 Å². The zero-order chi connectivity index (χ0) is 11.1. The van der Waals surface area contributed by atoms with Gasteiger partial charge in [-0.15, -0.1) is 0 Å². The van der Waals surface area contributed by atoms with Crippen LogP contribution in [0.15, 0.2) is 5.16 Å². The molecule has 0 aliphatic carbocycles. The van der Waals surface area contributed by atoms with Gasteiger partial charge in [0.15, 0.2) is 0 Å².